The summed E-state index contributed by atoms with van der Waals surface area (Å²) in [5, 5.41) is 9.14. The van der Waals surface area contributed by atoms with E-state index in [1.54, 1.807) is 24.3 Å². The van der Waals surface area contributed by atoms with Gasteiger partial charge < -0.3 is 10.1 Å². The van der Waals surface area contributed by atoms with Gasteiger partial charge in [0.05, 0.1) is 16.6 Å². The molecule has 0 saturated heterocycles. The van der Waals surface area contributed by atoms with Gasteiger partial charge in [0, 0.05) is 11.1 Å². The van der Waals surface area contributed by atoms with Crippen LogP contribution >= 0.6 is 0 Å². The summed E-state index contributed by atoms with van der Waals surface area (Å²) in [7, 11) is 0. The summed E-state index contributed by atoms with van der Waals surface area (Å²) >= 11 is 0. The van der Waals surface area contributed by atoms with Crippen molar-refractivity contribution in [2.75, 3.05) is 0 Å². The van der Waals surface area contributed by atoms with Gasteiger partial charge in [-0.1, -0.05) is 78.9 Å². The zero-order chi connectivity index (χ0) is 20.5. The molecule has 5 rings (SSSR count). The number of nitrogens with zero attached hydrogens (tertiary/aromatic N) is 1. The van der Waals surface area contributed by atoms with Crippen molar-refractivity contribution < 1.29 is 9.90 Å². The van der Waals surface area contributed by atoms with Crippen LogP contribution in [-0.2, 0) is 0 Å². The molecular weight excluding hydrogens is 372 g/mol. The van der Waals surface area contributed by atoms with Crippen molar-refractivity contribution in [2.24, 2.45) is 0 Å². The molecule has 4 aromatic carbocycles. The molecule has 0 amide bonds. The molecule has 0 bridgehead atoms. The summed E-state index contributed by atoms with van der Waals surface area (Å²) < 4.78 is 0. The normalized spacial score (nSPS) is 10.9. The van der Waals surface area contributed by atoms with E-state index in [4.69, 9.17) is 10.1 Å². The zero-order valence-corrected chi connectivity index (χ0v) is 16.0. The second-order valence-electron chi connectivity index (χ2n) is 7.08. The molecule has 0 spiro atoms. The molecule has 5 aromatic rings. The van der Waals surface area contributed by atoms with Gasteiger partial charge >= 0.3 is 5.97 Å². The standard InChI is InChI=1S/C26H18N2O2/c29-26(30)20-13-11-19(12-14-20)25-27-22-16-15-21(17-7-3-1-4-8-17)23(24(22)28-25)18-9-5-2-6-10-18/h1-16H,(H,27,28)(H,29,30). The number of rotatable bonds is 4. The number of nitrogens with one attached hydrogen (secondary N) is 1. The highest BCUT2D eigenvalue weighted by Gasteiger charge is 2.16. The monoisotopic (exact) mass is 390 g/mol. The molecule has 144 valence electrons. The Morgan fingerprint density at radius 2 is 1.33 bits per heavy atom. The quantitative estimate of drug-likeness (QED) is 0.380. The lowest BCUT2D eigenvalue weighted by Crippen LogP contribution is -1.95. The second-order valence-corrected chi connectivity index (χ2v) is 7.08. The maximum atomic E-state index is 11.1. The average Bonchev–Trinajstić information content (AvgIpc) is 3.24. The van der Waals surface area contributed by atoms with Gasteiger partial charge in [-0.05, 0) is 34.9 Å². The minimum Gasteiger partial charge on any atom is -0.478 e. The first-order valence-corrected chi connectivity index (χ1v) is 9.68. The van der Waals surface area contributed by atoms with Crippen LogP contribution in [0.15, 0.2) is 97.1 Å². The first-order chi connectivity index (χ1) is 14.7. The van der Waals surface area contributed by atoms with Crippen molar-refractivity contribution in [1.29, 1.82) is 0 Å². The van der Waals surface area contributed by atoms with Crippen LogP contribution in [0.3, 0.4) is 0 Å². The fraction of sp³-hybridized carbons (Fsp3) is 0. The van der Waals surface area contributed by atoms with Crippen LogP contribution in [0, 0.1) is 0 Å². The number of benzene rings is 4. The van der Waals surface area contributed by atoms with Crippen molar-refractivity contribution in [3.05, 3.63) is 103 Å². The van der Waals surface area contributed by atoms with E-state index in [0.717, 1.165) is 38.9 Å². The Hall–Kier alpha value is -4.18. The first kappa shape index (κ1) is 17.9. The number of hydrogen-bond donors (Lipinski definition) is 2. The number of aromatic carboxylic acids is 1. The van der Waals surface area contributed by atoms with Crippen molar-refractivity contribution >= 4 is 17.0 Å². The molecule has 4 nitrogen and oxygen atoms in total. The average molecular weight is 390 g/mol. The number of fused-ring (bicyclic) bond motifs is 1. The number of carbonyl (C=O) groups is 1. The molecule has 4 heteroatoms. The number of carboxylic acid groups (broad SMARTS) is 1. The first-order valence-electron chi connectivity index (χ1n) is 9.68. The van der Waals surface area contributed by atoms with Gasteiger partial charge in [0.2, 0.25) is 0 Å². The molecule has 0 atom stereocenters. The van der Waals surface area contributed by atoms with Gasteiger partial charge in [-0.2, -0.15) is 0 Å². The SMILES string of the molecule is O=C(O)c1ccc(-c2nc3c(-c4ccccc4)c(-c4ccccc4)ccc3[nH]2)cc1. The molecule has 0 fully saturated rings. The van der Waals surface area contributed by atoms with E-state index in [1.807, 2.05) is 42.5 Å². The Morgan fingerprint density at radius 3 is 1.97 bits per heavy atom. The predicted molar refractivity (Wildman–Crippen MR) is 119 cm³/mol. The minimum atomic E-state index is -0.940. The molecular formula is C26H18N2O2. The van der Waals surface area contributed by atoms with E-state index in [2.05, 4.69) is 35.3 Å². The number of hydrogen-bond acceptors (Lipinski definition) is 2. The third-order valence-electron chi connectivity index (χ3n) is 5.21. The van der Waals surface area contributed by atoms with Crippen LogP contribution in [0.25, 0.3) is 44.7 Å². The fourth-order valence-corrected chi connectivity index (χ4v) is 3.74. The fourth-order valence-electron chi connectivity index (χ4n) is 3.74. The molecule has 0 unspecified atom stereocenters. The van der Waals surface area contributed by atoms with Gasteiger partial charge in [0.1, 0.15) is 5.82 Å². The third-order valence-corrected chi connectivity index (χ3v) is 5.21. The predicted octanol–water partition coefficient (Wildman–Crippen LogP) is 6.26. The van der Waals surface area contributed by atoms with Gasteiger partial charge in [-0.3, -0.25) is 0 Å². The molecule has 0 saturated carbocycles. The van der Waals surface area contributed by atoms with E-state index in [-0.39, 0.29) is 5.56 Å². The highest BCUT2D eigenvalue weighted by molar-refractivity contribution is 6.02. The number of imidazole rings is 1. The summed E-state index contributed by atoms with van der Waals surface area (Å²) in [6.45, 7) is 0. The Bertz CT molecular complexity index is 1340. The van der Waals surface area contributed by atoms with E-state index >= 15 is 0 Å². The highest BCUT2D eigenvalue weighted by atomic mass is 16.4. The summed E-state index contributed by atoms with van der Waals surface area (Å²) in [5.74, 6) is -0.227. The Morgan fingerprint density at radius 1 is 0.700 bits per heavy atom. The molecule has 0 aliphatic rings. The summed E-state index contributed by atoms with van der Waals surface area (Å²) in [6.07, 6.45) is 0. The van der Waals surface area contributed by atoms with E-state index < -0.39 is 5.97 Å². The van der Waals surface area contributed by atoms with Crippen LogP contribution < -0.4 is 0 Å². The second kappa shape index (κ2) is 7.33. The van der Waals surface area contributed by atoms with Crippen molar-refractivity contribution in [3.8, 4) is 33.6 Å². The number of aromatic amines is 1. The molecule has 1 heterocycles. The zero-order valence-electron chi connectivity index (χ0n) is 16.0. The smallest absolute Gasteiger partial charge is 0.335 e. The Balaban J connectivity index is 1.73. The van der Waals surface area contributed by atoms with Crippen molar-refractivity contribution in [1.82, 2.24) is 9.97 Å². The Labute approximate surface area is 173 Å². The van der Waals surface area contributed by atoms with Crippen molar-refractivity contribution in [3.63, 3.8) is 0 Å². The van der Waals surface area contributed by atoms with Crippen LogP contribution in [0.2, 0.25) is 0 Å². The summed E-state index contributed by atoms with van der Waals surface area (Å²) in [5.41, 5.74) is 7.35. The maximum Gasteiger partial charge on any atom is 0.335 e. The lowest BCUT2D eigenvalue weighted by atomic mass is 9.93. The van der Waals surface area contributed by atoms with Gasteiger partial charge in [-0.25, -0.2) is 9.78 Å². The molecule has 30 heavy (non-hydrogen) atoms. The van der Waals surface area contributed by atoms with Gasteiger partial charge in [0.15, 0.2) is 0 Å². The van der Waals surface area contributed by atoms with Gasteiger partial charge in [0.25, 0.3) is 0 Å². The van der Waals surface area contributed by atoms with Crippen molar-refractivity contribution in [2.45, 2.75) is 0 Å². The highest BCUT2D eigenvalue weighted by Crippen LogP contribution is 2.38. The maximum absolute atomic E-state index is 11.1. The molecule has 0 aliphatic heterocycles. The molecule has 0 aliphatic carbocycles. The topological polar surface area (TPSA) is 66.0 Å². The minimum absolute atomic E-state index is 0.256. The summed E-state index contributed by atoms with van der Waals surface area (Å²) in [4.78, 5) is 19.4. The molecule has 1 aromatic heterocycles. The van der Waals surface area contributed by atoms with Crippen LogP contribution in [0.4, 0.5) is 0 Å². The van der Waals surface area contributed by atoms with E-state index in [0.29, 0.717) is 5.82 Å². The number of aromatic nitrogens is 2. The molecule has 0 radical (unpaired) electrons. The number of H-pyrrole nitrogens is 1. The Kier molecular flexibility index (Phi) is 4.37. The molecule has 2 N–H and O–H groups in total. The van der Waals surface area contributed by atoms with Gasteiger partial charge in [-0.15, -0.1) is 0 Å². The van der Waals surface area contributed by atoms with E-state index in [9.17, 15) is 4.79 Å². The van der Waals surface area contributed by atoms with Crippen LogP contribution in [-0.4, -0.2) is 21.0 Å². The lowest BCUT2D eigenvalue weighted by Gasteiger charge is -2.11. The summed E-state index contributed by atoms with van der Waals surface area (Å²) in [6, 6.07) is 31.5. The number of carboxylic acids is 1. The lowest BCUT2D eigenvalue weighted by molar-refractivity contribution is 0.0697. The largest absolute Gasteiger partial charge is 0.478 e. The van der Waals surface area contributed by atoms with Crippen LogP contribution in [0.5, 0.6) is 0 Å². The van der Waals surface area contributed by atoms with E-state index in [1.165, 1.54) is 0 Å². The van der Waals surface area contributed by atoms with Crippen LogP contribution in [0.1, 0.15) is 10.4 Å². The third kappa shape index (κ3) is 3.14.